The summed E-state index contributed by atoms with van der Waals surface area (Å²) in [6.07, 6.45) is 4.21. The maximum absolute atomic E-state index is 12.4. The Morgan fingerprint density at radius 1 is 1.44 bits per heavy atom. The van der Waals surface area contributed by atoms with Crippen molar-refractivity contribution in [2.45, 2.75) is 30.2 Å². The molecule has 2 aliphatic rings. The van der Waals surface area contributed by atoms with Gasteiger partial charge in [-0.2, -0.15) is 4.31 Å². The predicted molar refractivity (Wildman–Crippen MR) is 62.8 cm³/mol. The summed E-state index contributed by atoms with van der Waals surface area (Å²) in [4.78, 5) is 13.3. The Bertz CT molecular complexity index is 592. The van der Waals surface area contributed by atoms with Crippen molar-refractivity contribution in [1.29, 1.82) is 0 Å². The van der Waals surface area contributed by atoms with Gasteiger partial charge in [-0.25, -0.2) is 13.2 Å². The number of carbonyl (C=O) groups is 1. The second-order valence-electron chi connectivity index (χ2n) is 4.96. The lowest BCUT2D eigenvalue weighted by Gasteiger charge is -2.25. The zero-order chi connectivity index (χ0) is 12.9. The molecule has 2 bridgehead atoms. The monoisotopic (exact) mass is 270 g/mol. The van der Waals surface area contributed by atoms with Crippen LogP contribution < -0.4 is 0 Å². The number of aromatic amines is 1. The molecule has 2 N–H and O–H groups in total. The molecule has 2 atom stereocenters. The van der Waals surface area contributed by atoms with Crippen LogP contribution in [0.4, 0.5) is 0 Å². The smallest absolute Gasteiger partial charge is 0.352 e. The van der Waals surface area contributed by atoms with Crippen molar-refractivity contribution in [1.82, 2.24) is 9.29 Å². The highest BCUT2D eigenvalue weighted by atomic mass is 32.2. The molecule has 7 heteroatoms. The molecule has 2 heterocycles. The third-order valence-corrected chi connectivity index (χ3v) is 5.75. The summed E-state index contributed by atoms with van der Waals surface area (Å²) in [6.45, 7) is 0.570. The summed E-state index contributed by atoms with van der Waals surface area (Å²) in [5.74, 6) is -0.679. The molecule has 1 aromatic rings. The first-order valence-corrected chi connectivity index (χ1v) is 7.36. The van der Waals surface area contributed by atoms with Crippen LogP contribution in [0.2, 0.25) is 0 Å². The molecule has 18 heavy (non-hydrogen) atoms. The van der Waals surface area contributed by atoms with Crippen molar-refractivity contribution in [2.75, 3.05) is 6.54 Å². The van der Waals surface area contributed by atoms with Gasteiger partial charge in [0.2, 0.25) is 10.0 Å². The Morgan fingerprint density at radius 2 is 2.22 bits per heavy atom. The Morgan fingerprint density at radius 3 is 2.72 bits per heavy atom. The van der Waals surface area contributed by atoms with Gasteiger partial charge in [0, 0.05) is 18.8 Å². The number of aromatic carboxylic acids is 1. The molecular weight excluding hydrogens is 256 g/mol. The van der Waals surface area contributed by atoms with Gasteiger partial charge in [0.1, 0.15) is 10.6 Å². The van der Waals surface area contributed by atoms with Gasteiger partial charge >= 0.3 is 5.97 Å². The molecular formula is C11H14N2O4S. The summed E-state index contributed by atoms with van der Waals surface area (Å²) in [7, 11) is -3.54. The molecule has 2 unspecified atom stereocenters. The topological polar surface area (TPSA) is 90.5 Å². The van der Waals surface area contributed by atoms with E-state index in [-0.39, 0.29) is 16.6 Å². The number of piperidine rings is 1. The van der Waals surface area contributed by atoms with E-state index < -0.39 is 16.0 Å². The number of fused-ring (bicyclic) bond motifs is 2. The number of H-pyrrole nitrogens is 1. The maximum Gasteiger partial charge on any atom is 0.352 e. The Kier molecular flexibility index (Phi) is 2.49. The van der Waals surface area contributed by atoms with E-state index in [1.54, 1.807) is 0 Å². The molecule has 1 aliphatic heterocycles. The average molecular weight is 270 g/mol. The largest absolute Gasteiger partial charge is 0.477 e. The maximum atomic E-state index is 12.4. The second-order valence-corrected chi connectivity index (χ2v) is 6.85. The molecule has 0 radical (unpaired) electrons. The van der Waals surface area contributed by atoms with Gasteiger partial charge in [0.25, 0.3) is 0 Å². The number of carboxylic acids is 1. The molecule has 6 nitrogen and oxygen atoms in total. The van der Waals surface area contributed by atoms with Crippen molar-refractivity contribution in [3.63, 3.8) is 0 Å². The summed E-state index contributed by atoms with van der Waals surface area (Å²) in [5, 5.41) is 8.79. The second kappa shape index (κ2) is 3.83. The fraction of sp³-hybridized carbons (Fsp3) is 0.545. The highest BCUT2D eigenvalue weighted by Crippen LogP contribution is 2.40. The summed E-state index contributed by atoms with van der Waals surface area (Å²) in [5.41, 5.74) is -0.0991. The van der Waals surface area contributed by atoms with Gasteiger partial charge in [-0.15, -0.1) is 0 Å². The lowest BCUT2D eigenvalue weighted by atomic mass is 10.1. The van der Waals surface area contributed by atoms with Gasteiger partial charge in [0.15, 0.2) is 0 Å². The molecule has 98 valence electrons. The minimum Gasteiger partial charge on any atom is -0.477 e. The Balaban J connectivity index is 1.92. The van der Waals surface area contributed by atoms with E-state index in [4.69, 9.17) is 5.11 Å². The molecule has 2 fully saturated rings. The van der Waals surface area contributed by atoms with Crippen LogP contribution in [-0.4, -0.2) is 41.4 Å². The van der Waals surface area contributed by atoms with Crippen LogP contribution >= 0.6 is 0 Å². The highest BCUT2D eigenvalue weighted by molar-refractivity contribution is 7.89. The Labute approximate surface area is 105 Å². The third kappa shape index (κ3) is 1.65. The lowest BCUT2D eigenvalue weighted by molar-refractivity contribution is 0.0691. The summed E-state index contributed by atoms with van der Waals surface area (Å²) >= 11 is 0. The summed E-state index contributed by atoms with van der Waals surface area (Å²) in [6, 6.07) is 1.28. The first kappa shape index (κ1) is 11.7. The van der Waals surface area contributed by atoms with Gasteiger partial charge in [0.05, 0.1) is 0 Å². The quantitative estimate of drug-likeness (QED) is 0.853. The minimum atomic E-state index is -3.54. The molecule has 0 spiro atoms. The van der Waals surface area contributed by atoms with Crippen LogP contribution in [0.15, 0.2) is 17.2 Å². The number of nitrogens with zero attached hydrogens (tertiary/aromatic N) is 1. The van der Waals surface area contributed by atoms with Crippen molar-refractivity contribution in [2.24, 2.45) is 5.92 Å². The number of nitrogens with one attached hydrogen (secondary N) is 1. The fourth-order valence-corrected chi connectivity index (χ4v) is 4.69. The van der Waals surface area contributed by atoms with Crippen molar-refractivity contribution >= 4 is 16.0 Å². The standard InChI is InChI=1S/C11H14N2O4S/c14-11(15)10-4-9(5-12-10)18(16,17)13-6-7-1-2-8(13)3-7/h4-5,7-8,12H,1-3,6H2,(H,14,15). The lowest BCUT2D eigenvalue weighted by Crippen LogP contribution is -2.37. The zero-order valence-electron chi connectivity index (χ0n) is 9.67. The van der Waals surface area contributed by atoms with E-state index in [2.05, 4.69) is 4.98 Å². The molecule has 1 aromatic heterocycles. The van der Waals surface area contributed by atoms with Crippen LogP contribution in [0.3, 0.4) is 0 Å². The SMILES string of the molecule is O=C(O)c1cc(S(=O)(=O)N2CC3CCC2C3)c[nH]1. The summed E-state index contributed by atoms with van der Waals surface area (Å²) < 4.78 is 26.3. The van der Waals surface area contributed by atoms with E-state index in [9.17, 15) is 13.2 Å². The fourth-order valence-electron chi connectivity index (χ4n) is 2.96. The normalized spacial score (nSPS) is 27.8. The zero-order valence-corrected chi connectivity index (χ0v) is 10.5. The number of sulfonamides is 1. The number of hydrogen-bond acceptors (Lipinski definition) is 3. The predicted octanol–water partition coefficient (Wildman–Crippen LogP) is 0.886. The molecule has 1 aliphatic carbocycles. The molecule has 0 aromatic carbocycles. The Hall–Kier alpha value is -1.34. The van der Waals surface area contributed by atoms with Crippen LogP contribution in [-0.2, 0) is 10.0 Å². The molecule has 1 saturated carbocycles. The highest BCUT2D eigenvalue weighted by Gasteiger charge is 2.44. The van der Waals surface area contributed by atoms with Crippen molar-refractivity contribution in [3.05, 3.63) is 18.0 Å². The first-order chi connectivity index (χ1) is 8.48. The van der Waals surface area contributed by atoms with Crippen LogP contribution in [0.1, 0.15) is 29.8 Å². The van der Waals surface area contributed by atoms with E-state index in [0.29, 0.717) is 12.5 Å². The van der Waals surface area contributed by atoms with Crippen LogP contribution in [0.5, 0.6) is 0 Å². The van der Waals surface area contributed by atoms with Crippen molar-refractivity contribution < 1.29 is 18.3 Å². The van der Waals surface area contributed by atoms with Crippen LogP contribution in [0.25, 0.3) is 0 Å². The molecule has 1 saturated heterocycles. The number of rotatable bonds is 3. The van der Waals surface area contributed by atoms with Crippen molar-refractivity contribution in [3.8, 4) is 0 Å². The molecule has 0 amide bonds. The molecule has 3 rings (SSSR count). The first-order valence-electron chi connectivity index (χ1n) is 5.92. The van der Waals surface area contributed by atoms with Gasteiger partial charge in [-0.1, -0.05) is 0 Å². The van der Waals surface area contributed by atoms with E-state index >= 15 is 0 Å². The number of carboxylic acid groups (broad SMARTS) is 1. The van der Waals surface area contributed by atoms with E-state index in [1.807, 2.05) is 0 Å². The third-order valence-electron chi connectivity index (χ3n) is 3.85. The van der Waals surface area contributed by atoms with E-state index in [1.165, 1.54) is 16.6 Å². The average Bonchev–Trinajstić information content (AvgIpc) is 3.04. The van der Waals surface area contributed by atoms with Gasteiger partial charge < -0.3 is 10.1 Å². The van der Waals surface area contributed by atoms with E-state index in [0.717, 1.165) is 19.3 Å². The van der Waals surface area contributed by atoms with Crippen LogP contribution in [0, 0.1) is 5.92 Å². The number of hydrogen-bond donors (Lipinski definition) is 2. The van der Waals surface area contributed by atoms with Gasteiger partial charge in [-0.3, -0.25) is 0 Å². The minimum absolute atomic E-state index is 0.0486. The van der Waals surface area contributed by atoms with Gasteiger partial charge in [-0.05, 0) is 31.2 Å². The number of aromatic nitrogens is 1.